The third kappa shape index (κ3) is 7.03. The fraction of sp³-hybridized carbons (Fsp3) is 0.846. The van der Waals surface area contributed by atoms with E-state index in [1.807, 2.05) is 0 Å². The summed E-state index contributed by atoms with van der Waals surface area (Å²) in [5.74, 6) is 0. The molecule has 0 radical (unpaired) electrons. The van der Waals surface area contributed by atoms with E-state index in [1.54, 1.807) is 12.8 Å². The van der Waals surface area contributed by atoms with Crippen LogP contribution in [0.15, 0.2) is 24.3 Å². The van der Waals surface area contributed by atoms with E-state index in [9.17, 15) is 0 Å². The third-order valence-corrected chi connectivity index (χ3v) is 11.2. The van der Waals surface area contributed by atoms with Crippen LogP contribution in [0.2, 0.25) is 0 Å². The summed E-state index contributed by atoms with van der Waals surface area (Å²) in [6.45, 7) is 7.06. The zero-order valence-corrected chi connectivity index (χ0v) is 19.6. The second-order valence-electron chi connectivity index (χ2n) is 9.19. The number of hydrogen-bond donors (Lipinski definition) is 0. The Labute approximate surface area is 172 Å². The molecule has 0 spiro atoms. The molecule has 0 N–H and O–H groups in total. The number of hydrogen-bond acceptors (Lipinski definition) is 0. The van der Waals surface area contributed by atoms with Gasteiger partial charge >= 0.3 is 0 Å². The molecule has 0 aromatic heterocycles. The second-order valence-corrected chi connectivity index (χ2v) is 12.4. The largest absolute Gasteiger partial charge is 0.0897 e. The van der Waals surface area contributed by atoms with E-state index < -0.39 is 0 Å². The topological polar surface area (TPSA) is 0 Å². The van der Waals surface area contributed by atoms with Gasteiger partial charge < -0.3 is 0 Å². The van der Waals surface area contributed by atoms with Crippen molar-refractivity contribution >= 4 is 7.92 Å². The Morgan fingerprint density at radius 3 is 1.81 bits per heavy atom. The van der Waals surface area contributed by atoms with Crippen LogP contribution < -0.4 is 0 Å². The van der Waals surface area contributed by atoms with Crippen LogP contribution in [-0.2, 0) is 0 Å². The highest BCUT2D eigenvalue weighted by Gasteiger charge is 2.46. The molecule has 1 heterocycles. The van der Waals surface area contributed by atoms with Gasteiger partial charge in [-0.05, 0) is 49.8 Å². The monoisotopic (exact) mass is 390 g/mol. The normalized spacial score (nSPS) is 30.3. The van der Waals surface area contributed by atoms with E-state index in [-0.39, 0.29) is 7.92 Å². The number of unbranched alkanes of at least 4 members (excludes halogenated alkanes) is 7. The summed E-state index contributed by atoms with van der Waals surface area (Å²) in [6, 6.07) is 0. The number of allylic oxidation sites excluding steroid dienone is 4. The molecule has 1 heteroatoms. The van der Waals surface area contributed by atoms with E-state index in [2.05, 4.69) is 45.1 Å². The Kier molecular flexibility index (Phi) is 11.3. The molecule has 0 saturated carbocycles. The molecule has 156 valence electrons. The SMILES string of the molecule is CCCCCCC1CCC(CCCCCC)P1C1(CCCC)C=CC=CC1. The van der Waals surface area contributed by atoms with Crippen LogP contribution in [0.1, 0.15) is 124 Å². The summed E-state index contributed by atoms with van der Waals surface area (Å²) >= 11 is 0. The molecule has 1 fully saturated rings. The summed E-state index contributed by atoms with van der Waals surface area (Å²) < 4.78 is 0. The fourth-order valence-corrected chi connectivity index (χ4v) is 10.3. The van der Waals surface area contributed by atoms with Gasteiger partial charge in [0.25, 0.3) is 0 Å². The molecule has 2 aliphatic rings. The molecule has 1 aliphatic carbocycles. The first-order chi connectivity index (χ1) is 13.3. The molecule has 3 atom stereocenters. The summed E-state index contributed by atoms with van der Waals surface area (Å²) in [7, 11) is 0.134. The predicted molar refractivity (Wildman–Crippen MR) is 126 cm³/mol. The van der Waals surface area contributed by atoms with Crippen LogP contribution in [-0.4, -0.2) is 16.5 Å². The lowest BCUT2D eigenvalue weighted by molar-refractivity contribution is 0.569. The summed E-state index contributed by atoms with van der Waals surface area (Å²) in [4.78, 5) is 0. The average molecular weight is 391 g/mol. The molecule has 0 amide bonds. The molecule has 1 aliphatic heterocycles. The van der Waals surface area contributed by atoms with Crippen LogP contribution in [0.3, 0.4) is 0 Å². The van der Waals surface area contributed by atoms with Crippen molar-refractivity contribution < 1.29 is 0 Å². The maximum atomic E-state index is 2.69. The van der Waals surface area contributed by atoms with Crippen LogP contribution in [0.5, 0.6) is 0 Å². The van der Waals surface area contributed by atoms with Crippen molar-refractivity contribution in [3.05, 3.63) is 24.3 Å². The molecule has 3 unspecified atom stereocenters. The molecule has 27 heavy (non-hydrogen) atoms. The Hall–Kier alpha value is -0.0900. The third-order valence-electron chi connectivity index (χ3n) is 7.00. The van der Waals surface area contributed by atoms with Crippen molar-refractivity contribution in [3.8, 4) is 0 Å². The summed E-state index contributed by atoms with van der Waals surface area (Å²) in [6.07, 6.45) is 33.1. The first-order valence-electron chi connectivity index (χ1n) is 12.4. The highest BCUT2D eigenvalue weighted by atomic mass is 31.1. The average Bonchev–Trinajstić information content (AvgIpc) is 3.11. The van der Waals surface area contributed by atoms with Gasteiger partial charge in [0.05, 0.1) is 0 Å². The first kappa shape index (κ1) is 23.2. The van der Waals surface area contributed by atoms with Gasteiger partial charge in [-0.15, -0.1) is 0 Å². The highest BCUT2D eigenvalue weighted by molar-refractivity contribution is 7.61. The van der Waals surface area contributed by atoms with E-state index in [0.717, 1.165) is 11.3 Å². The second kappa shape index (κ2) is 13.2. The zero-order valence-electron chi connectivity index (χ0n) is 18.7. The maximum absolute atomic E-state index is 2.69. The lowest BCUT2D eigenvalue weighted by Crippen LogP contribution is -2.31. The van der Waals surface area contributed by atoms with Crippen LogP contribution in [0.25, 0.3) is 0 Å². The molecule has 0 aromatic rings. The summed E-state index contributed by atoms with van der Waals surface area (Å²) in [5.41, 5.74) is 2.11. The summed E-state index contributed by atoms with van der Waals surface area (Å²) in [5, 5.41) is 0.543. The zero-order chi connectivity index (χ0) is 19.4. The van der Waals surface area contributed by atoms with Crippen LogP contribution in [0, 0.1) is 0 Å². The van der Waals surface area contributed by atoms with E-state index in [1.165, 1.54) is 89.9 Å². The Morgan fingerprint density at radius 2 is 1.33 bits per heavy atom. The lowest BCUT2D eigenvalue weighted by Gasteiger charge is -2.44. The molecule has 0 nitrogen and oxygen atoms in total. The van der Waals surface area contributed by atoms with E-state index >= 15 is 0 Å². The standard InChI is InChI=1S/C26H47P/c1-4-7-10-13-17-24-19-20-25(18-14-11-8-5-2)27(24)26(21-9-6-3)22-15-12-16-23-26/h12,15-16,22,24-25H,4-11,13-14,17-21,23H2,1-3H3. The van der Waals surface area contributed by atoms with Gasteiger partial charge in [-0.1, -0.05) is 117 Å². The number of rotatable bonds is 14. The van der Waals surface area contributed by atoms with Crippen molar-refractivity contribution in [2.24, 2.45) is 0 Å². The van der Waals surface area contributed by atoms with Gasteiger partial charge in [-0.3, -0.25) is 0 Å². The molecule has 0 aromatic carbocycles. The van der Waals surface area contributed by atoms with Gasteiger partial charge in [0.15, 0.2) is 0 Å². The Morgan fingerprint density at radius 1 is 0.741 bits per heavy atom. The van der Waals surface area contributed by atoms with Crippen LogP contribution >= 0.6 is 7.92 Å². The van der Waals surface area contributed by atoms with E-state index in [4.69, 9.17) is 0 Å². The van der Waals surface area contributed by atoms with Crippen molar-refractivity contribution in [1.29, 1.82) is 0 Å². The highest BCUT2D eigenvalue weighted by Crippen LogP contribution is 2.69. The van der Waals surface area contributed by atoms with E-state index in [0.29, 0.717) is 5.16 Å². The molecular formula is C26H47P. The van der Waals surface area contributed by atoms with Crippen molar-refractivity contribution in [1.82, 2.24) is 0 Å². The minimum atomic E-state index is 0.134. The van der Waals surface area contributed by atoms with Gasteiger partial charge in [0.1, 0.15) is 0 Å². The molecule has 0 bridgehead atoms. The maximum Gasteiger partial charge on any atom is 0.0126 e. The Balaban J connectivity index is 2.09. The van der Waals surface area contributed by atoms with Crippen molar-refractivity contribution in [2.45, 2.75) is 140 Å². The van der Waals surface area contributed by atoms with Crippen molar-refractivity contribution in [3.63, 3.8) is 0 Å². The van der Waals surface area contributed by atoms with Gasteiger partial charge in [-0.2, -0.15) is 0 Å². The predicted octanol–water partition coefficient (Wildman–Crippen LogP) is 9.39. The van der Waals surface area contributed by atoms with Gasteiger partial charge in [-0.25, -0.2) is 0 Å². The smallest absolute Gasteiger partial charge is 0.0126 e. The Bertz CT molecular complexity index is 417. The molecule has 1 saturated heterocycles. The minimum absolute atomic E-state index is 0.134. The first-order valence-corrected chi connectivity index (χ1v) is 13.9. The van der Waals surface area contributed by atoms with Crippen LogP contribution in [0.4, 0.5) is 0 Å². The molecule has 2 rings (SSSR count). The fourth-order valence-electron chi connectivity index (χ4n) is 5.51. The quantitative estimate of drug-likeness (QED) is 0.205. The van der Waals surface area contributed by atoms with Gasteiger partial charge in [0.2, 0.25) is 0 Å². The van der Waals surface area contributed by atoms with Crippen molar-refractivity contribution in [2.75, 3.05) is 0 Å². The minimum Gasteiger partial charge on any atom is -0.0897 e. The molecular weight excluding hydrogens is 343 g/mol. The lowest BCUT2D eigenvalue weighted by atomic mass is 9.94. The van der Waals surface area contributed by atoms with Gasteiger partial charge in [0, 0.05) is 5.16 Å².